The van der Waals surface area contributed by atoms with Crippen molar-refractivity contribution in [2.75, 3.05) is 6.61 Å². The predicted octanol–water partition coefficient (Wildman–Crippen LogP) is 7.80. The molecule has 1 saturated heterocycles. The van der Waals surface area contributed by atoms with Gasteiger partial charge in [0.1, 0.15) is 17.1 Å². The molecule has 186 valence electrons. The Kier molecular flexibility index (Phi) is 6.77. The summed E-state index contributed by atoms with van der Waals surface area (Å²) in [6.07, 6.45) is -4.07. The molecule has 10 heteroatoms. The normalized spacial score (nSPS) is 18.5. The first-order valence-corrected chi connectivity index (χ1v) is 10.6. The third-order valence-corrected chi connectivity index (χ3v) is 5.76. The summed E-state index contributed by atoms with van der Waals surface area (Å²) in [5.74, 6) is -9.97. The van der Waals surface area contributed by atoms with Gasteiger partial charge in [-0.2, -0.15) is 8.78 Å². The fraction of sp³-hybridized carbons (Fsp3) is 0.280. The first-order chi connectivity index (χ1) is 16.5. The smallest absolute Gasteiger partial charge is 0.429 e. The van der Waals surface area contributed by atoms with Crippen LogP contribution in [0.15, 0.2) is 42.5 Å². The molecule has 2 nitrogen and oxygen atoms in total. The Bertz CT molecular complexity index is 1230. The van der Waals surface area contributed by atoms with Gasteiger partial charge in [0.25, 0.3) is 0 Å². The van der Waals surface area contributed by atoms with Gasteiger partial charge in [-0.3, -0.25) is 0 Å². The lowest BCUT2D eigenvalue weighted by Gasteiger charge is -2.28. The van der Waals surface area contributed by atoms with Crippen LogP contribution in [0.2, 0.25) is 0 Å². The van der Waals surface area contributed by atoms with Crippen molar-refractivity contribution in [1.82, 2.24) is 0 Å². The lowest BCUT2D eigenvalue weighted by Crippen LogP contribution is -2.25. The molecule has 0 aliphatic carbocycles. The second-order valence-corrected chi connectivity index (χ2v) is 8.35. The van der Waals surface area contributed by atoms with E-state index >= 15 is 0 Å². The second-order valence-electron chi connectivity index (χ2n) is 8.35. The summed E-state index contributed by atoms with van der Waals surface area (Å²) in [7, 11) is 0. The molecule has 1 fully saturated rings. The molecule has 4 rings (SSSR count). The molecule has 1 aliphatic rings. The van der Waals surface area contributed by atoms with Gasteiger partial charge in [0.05, 0.1) is 6.10 Å². The minimum atomic E-state index is -4.40. The van der Waals surface area contributed by atoms with Gasteiger partial charge in [-0.05, 0) is 54.7 Å². The van der Waals surface area contributed by atoms with Gasteiger partial charge in [-0.25, -0.2) is 26.3 Å². The van der Waals surface area contributed by atoms with Gasteiger partial charge >= 0.3 is 6.11 Å². The summed E-state index contributed by atoms with van der Waals surface area (Å²) >= 11 is 0. The van der Waals surface area contributed by atoms with E-state index in [2.05, 4.69) is 4.74 Å². The van der Waals surface area contributed by atoms with E-state index in [-0.39, 0.29) is 17.0 Å². The standard InChI is InChI=1S/C25H18F8O2/c1-12-2-7-21(34-11-12)16-5-6-17(23(30)22(16)29)25(32,33)35-14-3-4-15(18(26)10-14)13-8-19(27)24(31)20(28)9-13/h3-6,8-10,12,21H,2,7,11H2,1H3. The monoisotopic (exact) mass is 502 g/mol. The van der Waals surface area contributed by atoms with Gasteiger partial charge in [0.2, 0.25) is 0 Å². The second kappa shape index (κ2) is 9.49. The zero-order valence-electron chi connectivity index (χ0n) is 18.2. The Balaban J connectivity index is 1.58. The van der Waals surface area contributed by atoms with Crippen LogP contribution in [0.3, 0.4) is 0 Å². The summed E-state index contributed by atoms with van der Waals surface area (Å²) in [4.78, 5) is 0. The Morgan fingerprint density at radius 1 is 0.800 bits per heavy atom. The van der Waals surface area contributed by atoms with Gasteiger partial charge in [-0.1, -0.05) is 13.0 Å². The number of halogens is 8. The number of hydrogen-bond donors (Lipinski definition) is 0. The zero-order valence-corrected chi connectivity index (χ0v) is 18.2. The van der Waals surface area contributed by atoms with Crippen LogP contribution in [0.25, 0.3) is 11.1 Å². The number of benzene rings is 3. The van der Waals surface area contributed by atoms with E-state index in [4.69, 9.17) is 4.74 Å². The highest BCUT2D eigenvalue weighted by Crippen LogP contribution is 2.39. The van der Waals surface area contributed by atoms with E-state index < -0.39 is 64.0 Å². The highest BCUT2D eigenvalue weighted by Gasteiger charge is 2.40. The van der Waals surface area contributed by atoms with Crippen molar-refractivity contribution in [2.45, 2.75) is 32.0 Å². The van der Waals surface area contributed by atoms with Crippen molar-refractivity contribution in [3.63, 3.8) is 0 Å². The topological polar surface area (TPSA) is 18.5 Å². The molecule has 1 aliphatic heterocycles. The van der Waals surface area contributed by atoms with Gasteiger partial charge in [0, 0.05) is 23.8 Å². The molecule has 3 aromatic rings. The molecule has 0 bridgehead atoms. The van der Waals surface area contributed by atoms with Crippen LogP contribution in [-0.4, -0.2) is 6.61 Å². The van der Waals surface area contributed by atoms with Crippen molar-refractivity contribution < 1.29 is 44.6 Å². The third-order valence-electron chi connectivity index (χ3n) is 5.76. The van der Waals surface area contributed by atoms with Crippen LogP contribution in [0.1, 0.15) is 37.0 Å². The van der Waals surface area contributed by atoms with Gasteiger partial charge in [0.15, 0.2) is 29.1 Å². The van der Waals surface area contributed by atoms with Crippen molar-refractivity contribution in [3.05, 3.63) is 88.5 Å². The van der Waals surface area contributed by atoms with Crippen molar-refractivity contribution in [2.24, 2.45) is 5.92 Å². The fourth-order valence-corrected chi connectivity index (χ4v) is 3.87. The Morgan fingerprint density at radius 2 is 1.49 bits per heavy atom. The SMILES string of the molecule is CC1CCC(c2ccc(C(F)(F)Oc3ccc(-c4cc(F)c(F)c(F)c4)c(F)c3)c(F)c2F)OC1. The minimum Gasteiger partial charge on any atom is -0.429 e. The summed E-state index contributed by atoms with van der Waals surface area (Å²) in [6, 6.07) is 4.91. The average Bonchev–Trinajstić information content (AvgIpc) is 2.79. The van der Waals surface area contributed by atoms with E-state index in [1.54, 1.807) is 0 Å². The Hall–Kier alpha value is -3.14. The Labute approximate surface area is 195 Å². The summed E-state index contributed by atoms with van der Waals surface area (Å²) in [5, 5.41) is 0. The minimum absolute atomic E-state index is 0.192. The average molecular weight is 502 g/mol. The largest absolute Gasteiger partial charge is 0.429 e. The summed E-state index contributed by atoms with van der Waals surface area (Å²) in [6.45, 7) is 2.26. The van der Waals surface area contributed by atoms with E-state index in [0.717, 1.165) is 18.2 Å². The summed E-state index contributed by atoms with van der Waals surface area (Å²) in [5.41, 5.74) is -2.42. The lowest BCUT2D eigenvalue weighted by molar-refractivity contribution is -0.187. The first kappa shape index (κ1) is 25.0. The molecule has 3 aromatic carbocycles. The highest BCUT2D eigenvalue weighted by molar-refractivity contribution is 5.65. The van der Waals surface area contributed by atoms with Crippen molar-refractivity contribution >= 4 is 0 Å². The summed E-state index contributed by atoms with van der Waals surface area (Å²) < 4.78 is 123. The molecule has 0 saturated carbocycles. The van der Waals surface area contributed by atoms with E-state index in [1.807, 2.05) is 6.92 Å². The molecular weight excluding hydrogens is 484 g/mol. The molecule has 0 spiro atoms. The van der Waals surface area contributed by atoms with E-state index in [0.29, 0.717) is 43.7 Å². The van der Waals surface area contributed by atoms with Gasteiger partial charge in [-0.15, -0.1) is 0 Å². The maximum Gasteiger partial charge on any atom is 0.429 e. The number of alkyl halides is 2. The fourth-order valence-electron chi connectivity index (χ4n) is 3.87. The molecule has 0 N–H and O–H groups in total. The van der Waals surface area contributed by atoms with Crippen LogP contribution in [-0.2, 0) is 10.8 Å². The Morgan fingerprint density at radius 3 is 2.09 bits per heavy atom. The van der Waals surface area contributed by atoms with Crippen LogP contribution in [0.4, 0.5) is 35.1 Å². The lowest BCUT2D eigenvalue weighted by atomic mass is 9.94. The number of rotatable bonds is 5. The predicted molar refractivity (Wildman–Crippen MR) is 110 cm³/mol. The third kappa shape index (κ3) is 4.98. The van der Waals surface area contributed by atoms with Crippen LogP contribution in [0.5, 0.6) is 5.75 Å². The van der Waals surface area contributed by atoms with E-state index in [9.17, 15) is 35.1 Å². The molecule has 2 atom stereocenters. The maximum absolute atomic E-state index is 14.7. The molecular formula is C25H18F8O2. The quantitative estimate of drug-likeness (QED) is 0.262. The molecule has 1 heterocycles. The highest BCUT2D eigenvalue weighted by atomic mass is 19.3. The molecule has 35 heavy (non-hydrogen) atoms. The van der Waals surface area contributed by atoms with Crippen LogP contribution >= 0.6 is 0 Å². The molecule has 0 aromatic heterocycles. The molecule has 0 amide bonds. The number of ether oxygens (including phenoxy) is 2. The molecule has 2 unspecified atom stereocenters. The van der Waals surface area contributed by atoms with Crippen molar-refractivity contribution in [3.8, 4) is 16.9 Å². The molecule has 0 radical (unpaired) electrons. The van der Waals surface area contributed by atoms with Crippen LogP contribution in [0, 0.1) is 40.8 Å². The van der Waals surface area contributed by atoms with Gasteiger partial charge < -0.3 is 9.47 Å². The van der Waals surface area contributed by atoms with Crippen LogP contribution < -0.4 is 4.74 Å². The van der Waals surface area contributed by atoms with Crippen molar-refractivity contribution in [1.29, 1.82) is 0 Å². The zero-order chi connectivity index (χ0) is 25.5. The van der Waals surface area contributed by atoms with E-state index in [1.165, 1.54) is 0 Å². The maximum atomic E-state index is 14.7. The number of hydrogen-bond acceptors (Lipinski definition) is 2. The first-order valence-electron chi connectivity index (χ1n) is 10.6.